The van der Waals surface area contributed by atoms with Crippen molar-refractivity contribution in [3.8, 4) is 0 Å². The molecule has 1 atom stereocenters. The Kier molecular flexibility index (Phi) is 8.76. The van der Waals surface area contributed by atoms with Gasteiger partial charge in [0.05, 0.1) is 10.6 Å². The summed E-state index contributed by atoms with van der Waals surface area (Å²) in [5.74, 6) is -0.888. The standard InChI is InChI=1S/C27H30ClN3O4S/c1-19-10-8-15-25(20(19)2)31(36(34,35)24-13-6-5-7-14-24)18-26(32)30(21(3)27(33)29-4)17-22-11-9-12-23(28)16-22/h5-16,21H,17-18H2,1-4H3,(H,29,33)/t21-/m0/s1. The average Bonchev–Trinajstić information content (AvgIpc) is 2.87. The fourth-order valence-electron chi connectivity index (χ4n) is 3.86. The Morgan fingerprint density at radius 3 is 2.28 bits per heavy atom. The van der Waals surface area contributed by atoms with Gasteiger partial charge in [0, 0.05) is 18.6 Å². The van der Waals surface area contributed by atoms with Crippen LogP contribution in [0, 0.1) is 13.8 Å². The summed E-state index contributed by atoms with van der Waals surface area (Å²) >= 11 is 6.13. The van der Waals surface area contributed by atoms with Crippen LogP contribution < -0.4 is 9.62 Å². The van der Waals surface area contributed by atoms with Crippen LogP contribution in [0.2, 0.25) is 5.02 Å². The maximum atomic E-state index is 13.8. The first-order valence-electron chi connectivity index (χ1n) is 11.5. The summed E-state index contributed by atoms with van der Waals surface area (Å²) in [6.07, 6.45) is 0. The van der Waals surface area contributed by atoms with Crippen molar-refractivity contribution in [2.24, 2.45) is 0 Å². The maximum Gasteiger partial charge on any atom is 0.264 e. The third-order valence-electron chi connectivity index (χ3n) is 6.11. The number of carbonyl (C=O) groups is 2. The molecule has 1 N–H and O–H groups in total. The van der Waals surface area contributed by atoms with Crippen molar-refractivity contribution in [3.05, 3.63) is 94.5 Å². The van der Waals surface area contributed by atoms with Crippen LogP contribution in [0.5, 0.6) is 0 Å². The van der Waals surface area contributed by atoms with E-state index in [9.17, 15) is 18.0 Å². The van der Waals surface area contributed by atoms with Crippen LogP contribution >= 0.6 is 11.6 Å². The summed E-state index contributed by atoms with van der Waals surface area (Å²) in [5, 5.41) is 3.06. The molecule has 0 radical (unpaired) electrons. The lowest BCUT2D eigenvalue weighted by Crippen LogP contribution is -2.50. The van der Waals surface area contributed by atoms with Crippen molar-refractivity contribution in [2.45, 2.75) is 38.3 Å². The third kappa shape index (κ3) is 6.06. The van der Waals surface area contributed by atoms with Crippen LogP contribution in [0.15, 0.2) is 77.7 Å². The minimum atomic E-state index is -4.09. The molecule has 7 nitrogen and oxygen atoms in total. The third-order valence-corrected chi connectivity index (χ3v) is 8.12. The minimum absolute atomic E-state index is 0.0689. The van der Waals surface area contributed by atoms with Gasteiger partial charge in [0.25, 0.3) is 10.0 Å². The molecule has 0 heterocycles. The Hall–Kier alpha value is -3.36. The van der Waals surface area contributed by atoms with E-state index in [1.807, 2.05) is 19.9 Å². The highest BCUT2D eigenvalue weighted by atomic mass is 35.5. The molecule has 9 heteroatoms. The van der Waals surface area contributed by atoms with E-state index in [0.29, 0.717) is 10.7 Å². The molecule has 0 spiro atoms. The summed E-state index contributed by atoms with van der Waals surface area (Å²) in [5.41, 5.74) is 2.76. The summed E-state index contributed by atoms with van der Waals surface area (Å²) in [7, 11) is -2.60. The number of sulfonamides is 1. The van der Waals surface area contributed by atoms with Crippen molar-refractivity contribution in [2.75, 3.05) is 17.9 Å². The van der Waals surface area contributed by atoms with Crippen molar-refractivity contribution in [1.82, 2.24) is 10.2 Å². The van der Waals surface area contributed by atoms with Gasteiger partial charge in [-0.05, 0) is 67.8 Å². The van der Waals surface area contributed by atoms with Crippen LogP contribution in [0.25, 0.3) is 0 Å². The molecule has 3 aromatic carbocycles. The molecule has 0 aliphatic heterocycles. The summed E-state index contributed by atoms with van der Waals surface area (Å²) in [6.45, 7) is 4.91. The molecule has 0 aliphatic rings. The van der Waals surface area contributed by atoms with E-state index >= 15 is 0 Å². The molecule has 36 heavy (non-hydrogen) atoms. The normalized spacial score (nSPS) is 12.0. The highest BCUT2D eigenvalue weighted by molar-refractivity contribution is 7.92. The van der Waals surface area contributed by atoms with Gasteiger partial charge in [0.1, 0.15) is 12.6 Å². The quantitative estimate of drug-likeness (QED) is 0.449. The monoisotopic (exact) mass is 527 g/mol. The minimum Gasteiger partial charge on any atom is -0.357 e. The Bertz CT molecular complexity index is 1350. The first-order valence-corrected chi connectivity index (χ1v) is 13.3. The molecule has 3 aromatic rings. The second-order valence-electron chi connectivity index (χ2n) is 8.49. The van der Waals surface area contributed by atoms with Crippen molar-refractivity contribution in [1.29, 1.82) is 0 Å². The number of hydrogen-bond donors (Lipinski definition) is 1. The molecule has 0 saturated carbocycles. The number of halogens is 1. The first-order chi connectivity index (χ1) is 17.1. The molecule has 0 unspecified atom stereocenters. The number of rotatable bonds is 9. The van der Waals surface area contributed by atoms with E-state index in [1.54, 1.807) is 61.5 Å². The first kappa shape index (κ1) is 27.2. The Labute approximate surface area is 217 Å². The zero-order chi connectivity index (χ0) is 26.5. The number of likely N-dealkylation sites (N-methyl/N-ethyl adjacent to an activating group) is 1. The van der Waals surface area contributed by atoms with E-state index in [2.05, 4.69) is 5.32 Å². The summed E-state index contributed by atoms with van der Waals surface area (Å²) in [6, 6.07) is 19.4. The lowest BCUT2D eigenvalue weighted by Gasteiger charge is -2.32. The van der Waals surface area contributed by atoms with E-state index in [4.69, 9.17) is 11.6 Å². The molecule has 0 aliphatic carbocycles. The molecule has 190 valence electrons. The molecule has 3 rings (SSSR count). The van der Waals surface area contributed by atoms with Gasteiger partial charge in [-0.1, -0.05) is 54.1 Å². The van der Waals surface area contributed by atoms with Gasteiger partial charge in [0.2, 0.25) is 11.8 Å². The van der Waals surface area contributed by atoms with E-state index in [0.717, 1.165) is 21.0 Å². The largest absolute Gasteiger partial charge is 0.357 e. The summed E-state index contributed by atoms with van der Waals surface area (Å²) < 4.78 is 28.7. The van der Waals surface area contributed by atoms with E-state index in [1.165, 1.54) is 24.1 Å². The predicted molar refractivity (Wildman–Crippen MR) is 142 cm³/mol. The topological polar surface area (TPSA) is 86.8 Å². The number of amides is 2. The smallest absolute Gasteiger partial charge is 0.264 e. The van der Waals surface area contributed by atoms with E-state index in [-0.39, 0.29) is 17.3 Å². The molecule has 0 aromatic heterocycles. The van der Waals surface area contributed by atoms with Gasteiger partial charge in [-0.2, -0.15) is 0 Å². The lowest BCUT2D eigenvalue weighted by molar-refractivity contribution is -0.139. The van der Waals surface area contributed by atoms with Crippen LogP contribution in [-0.2, 0) is 26.2 Å². The summed E-state index contributed by atoms with van der Waals surface area (Å²) in [4.78, 5) is 27.7. The molecule has 0 bridgehead atoms. The Balaban J connectivity index is 2.07. The number of benzene rings is 3. The second-order valence-corrected chi connectivity index (χ2v) is 10.8. The fourth-order valence-corrected chi connectivity index (χ4v) is 5.57. The number of anilines is 1. The fraction of sp³-hybridized carbons (Fsp3) is 0.259. The second kappa shape index (κ2) is 11.6. The molecule has 0 fully saturated rings. The predicted octanol–water partition coefficient (Wildman–Crippen LogP) is 4.32. The van der Waals surface area contributed by atoms with Gasteiger partial charge >= 0.3 is 0 Å². The molecular weight excluding hydrogens is 498 g/mol. The zero-order valence-corrected chi connectivity index (χ0v) is 22.3. The van der Waals surface area contributed by atoms with Gasteiger partial charge in [-0.15, -0.1) is 0 Å². The highest BCUT2D eigenvalue weighted by Gasteiger charge is 2.33. The Morgan fingerprint density at radius 1 is 0.972 bits per heavy atom. The average molecular weight is 528 g/mol. The number of nitrogens with zero attached hydrogens (tertiary/aromatic N) is 2. The van der Waals surface area contributed by atoms with Crippen LogP contribution in [0.1, 0.15) is 23.6 Å². The number of nitrogens with one attached hydrogen (secondary N) is 1. The zero-order valence-electron chi connectivity index (χ0n) is 20.7. The molecule has 0 saturated heterocycles. The number of hydrogen-bond acceptors (Lipinski definition) is 4. The SMILES string of the molecule is CNC(=O)[C@H](C)N(Cc1cccc(Cl)c1)C(=O)CN(c1cccc(C)c1C)S(=O)(=O)c1ccccc1. The van der Waals surface area contributed by atoms with Crippen molar-refractivity contribution < 1.29 is 18.0 Å². The molecule has 2 amide bonds. The lowest BCUT2D eigenvalue weighted by atomic mass is 10.1. The number of aryl methyl sites for hydroxylation is 1. The van der Waals surface area contributed by atoms with Gasteiger partial charge in [-0.3, -0.25) is 13.9 Å². The van der Waals surface area contributed by atoms with E-state index < -0.39 is 28.5 Å². The van der Waals surface area contributed by atoms with Gasteiger partial charge in [0.15, 0.2) is 0 Å². The van der Waals surface area contributed by atoms with Crippen molar-refractivity contribution >= 4 is 39.1 Å². The van der Waals surface area contributed by atoms with Crippen LogP contribution in [-0.4, -0.2) is 44.8 Å². The molecular formula is C27H30ClN3O4S. The maximum absolute atomic E-state index is 13.8. The van der Waals surface area contributed by atoms with Crippen LogP contribution in [0.4, 0.5) is 5.69 Å². The highest BCUT2D eigenvalue weighted by Crippen LogP contribution is 2.29. The van der Waals surface area contributed by atoms with Gasteiger partial charge in [-0.25, -0.2) is 8.42 Å². The Morgan fingerprint density at radius 2 is 1.64 bits per heavy atom. The van der Waals surface area contributed by atoms with Crippen molar-refractivity contribution in [3.63, 3.8) is 0 Å². The van der Waals surface area contributed by atoms with Gasteiger partial charge < -0.3 is 10.2 Å². The number of carbonyl (C=O) groups excluding carboxylic acids is 2. The van der Waals surface area contributed by atoms with Crippen LogP contribution in [0.3, 0.4) is 0 Å².